The lowest BCUT2D eigenvalue weighted by Crippen LogP contribution is -2.14. The van der Waals surface area contributed by atoms with Crippen molar-refractivity contribution in [2.45, 2.75) is 44.8 Å². The summed E-state index contributed by atoms with van der Waals surface area (Å²) in [4.78, 5) is 0. The molecule has 0 saturated heterocycles. The molecule has 0 radical (unpaired) electrons. The summed E-state index contributed by atoms with van der Waals surface area (Å²) in [6.45, 7) is 4.95. The van der Waals surface area contributed by atoms with Crippen LogP contribution in [0.2, 0.25) is 19.1 Å². The first-order valence-corrected chi connectivity index (χ1v) is 8.52. The molecule has 0 nitrogen and oxygen atoms in total. The smallest absolute Gasteiger partial charge is 0.0305 e. The second kappa shape index (κ2) is 3.02. The van der Waals surface area contributed by atoms with E-state index in [0.717, 1.165) is 5.92 Å². The van der Waals surface area contributed by atoms with Gasteiger partial charge in [-0.3, -0.25) is 0 Å². The van der Waals surface area contributed by atoms with Crippen molar-refractivity contribution in [3.05, 3.63) is 12.2 Å². The molecule has 0 aromatic rings. The second-order valence-electron chi connectivity index (χ2n) is 5.16. The standard InChI is InChI=1S/C11H20Si/c1-12(2)8-7-11-5-3-10(9-11)4-6-11/h3,5,10,12H,4,6-9H2,1-2H3. The van der Waals surface area contributed by atoms with Gasteiger partial charge in [0.25, 0.3) is 0 Å². The van der Waals surface area contributed by atoms with Crippen LogP contribution in [0.25, 0.3) is 0 Å². The van der Waals surface area contributed by atoms with Crippen molar-refractivity contribution in [3.8, 4) is 0 Å². The molecule has 0 heterocycles. The fraction of sp³-hybridized carbons (Fsp3) is 0.818. The van der Waals surface area contributed by atoms with Crippen molar-refractivity contribution >= 4 is 8.80 Å². The van der Waals surface area contributed by atoms with Crippen LogP contribution in [0.5, 0.6) is 0 Å². The van der Waals surface area contributed by atoms with Gasteiger partial charge in [0, 0.05) is 8.80 Å². The number of fused-ring (bicyclic) bond motifs is 2. The van der Waals surface area contributed by atoms with E-state index in [1.54, 1.807) is 6.04 Å². The molecule has 68 valence electrons. The molecule has 0 spiro atoms. The number of hydrogen-bond donors (Lipinski definition) is 0. The van der Waals surface area contributed by atoms with Gasteiger partial charge in [-0.15, -0.1) is 0 Å². The van der Waals surface area contributed by atoms with Crippen molar-refractivity contribution < 1.29 is 0 Å². The van der Waals surface area contributed by atoms with E-state index in [1.165, 1.54) is 25.7 Å². The van der Waals surface area contributed by atoms with Gasteiger partial charge in [0.1, 0.15) is 0 Å². The van der Waals surface area contributed by atoms with Crippen LogP contribution >= 0.6 is 0 Å². The van der Waals surface area contributed by atoms with Crippen LogP contribution in [0.1, 0.15) is 25.7 Å². The lowest BCUT2D eigenvalue weighted by Gasteiger charge is -2.23. The zero-order chi connectivity index (χ0) is 8.60. The average molecular weight is 180 g/mol. The molecule has 2 unspecified atom stereocenters. The molecule has 0 aromatic heterocycles. The van der Waals surface area contributed by atoms with Crippen LogP contribution in [-0.2, 0) is 0 Å². The van der Waals surface area contributed by atoms with Crippen LogP contribution in [-0.4, -0.2) is 8.80 Å². The van der Waals surface area contributed by atoms with E-state index in [0.29, 0.717) is 5.41 Å². The van der Waals surface area contributed by atoms with Crippen LogP contribution in [0.4, 0.5) is 0 Å². The first-order chi connectivity index (χ1) is 5.70. The molecular weight excluding hydrogens is 160 g/mol. The maximum Gasteiger partial charge on any atom is 0.0305 e. The third kappa shape index (κ3) is 1.52. The summed E-state index contributed by atoms with van der Waals surface area (Å²) >= 11 is 0. The van der Waals surface area contributed by atoms with Crippen LogP contribution in [0.15, 0.2) is 12.2 Å². The maximum atomic E-state index is 2.54. The van der Waals surface area contributed by atoms with Crippen molar-refractivity contribution in [3.63, 3.8) is 0 Å². The molecule has 1 saturated carbocycles. The highest BCUT2D eigenvalue weighted by atomic mass is 28.3. The number of rotatable bonds is 3. The molecule has 2 bridgehead atoms. The summed E-state index contributed by atoms with van der Waals surface area (Å²) in [6.07, 6.45) is 11.0. The Kier molecular flexibility index (Phi) is 2.15. The van der Waals surface area contributed by atoms with Crippen LogP contribution in [0, 0.1) is 11.3 Å². The van der Waals surface area contributed by atoms with Gasteiger partial charge in [-0.1, -0.05) is 31.3 Å². The molecular formula is C11H20Si. The van der Waals surface area contributed by atoms with Gasteiger partial charge in [0.15, 0.2) is 0 Å². The normalized spacial score (nSPS) is 38.4. The summed E-state index contributed by atoms with van der Waals surface area (Å²) in [5.74, 6) is 0.971. The van der Waals surface area contributed by atoms with Gasteiger partial charge >= 0.3 is 0 Å². The zero-order valence-corrected chi connectivity index (χ0v) is 9.50. The van der Waals surface area contributed by atoms with E-state index < -0.39 is 0 Å². The molecule has 2 aliphatic rings. The minimum Gasteiger partial charge on any atom is -0.0848 e. The molecule has 2 aliphatic carbocycles. The Hall–Kier alpha value is -0.0431. The van der Waals surface area contributed by atoms with E-state index in [-0.39, 0.29) is 8.80 Å². The largest absolute Gasteiger partial charge is 0.0848 e. The third-order valence-electron chi connectivity index (χ3n) is 3.62. The summed E-state index contributed by atoms with van der Waals surface area (Å²) in [5, 5.41) is 0. The number of allylic oxidation sites excluding steroid dienone is 2. The van der Waals surface area contributed by atoms with Gasteiger partial charge in [-0.05, 0) is 37.0 Å². The Labute approximate surface area is 77.7 Å². The van der Waals surface area contributed by atoms with Crippen molar-refractivity contribution in [2.24, 2.45) is 11.3 Å². The van der Waals surface area contributed by atoms with Crippen molar-refractivity contribution in [1.29, 1.82) is 0 Å². The Morgan fingerprint density at radius 1 is 1.50 bits per heavy atom. The first kappa shape index (κ1) is 8.55. The van der Waals surface area contributed by atoms with Gasteiger partial charge in [-0.25, -0.2) is 0 Å². The summed E-state index contributed by atoms with van der Waals surface area (Å²) < 4.78 is 0. The molecule has 0 amide bonds. The molecule has 0 N–H and O–H groups in total. The van der Waals surface area contributed by atoms with Crippen molar-refractivity contribution in [2.75, 3.05) is 0 Å². The fourth-order valence-electron chi connectivity index (χ4n) is 2.74. The van der Waals surface area contributed by atoms with Crippen LogP contribution in [0.3, 0.4) is 0 Å². The van der Waals surface area contributed by atoms with Crippen LogP contribution < -0.4 is 0 Å². The highest BCUT2D eigenvalue weighted by Crippen LogP contribution is 2.51. The van der Waals surface area contributed by atoms with Crippen molar-refractivity contribution in [1.82, 2.24) is 0 Å². The molecule has 0 aromatic carbocycles. The van der Waals surface area contributed by atoms with E-state index in [1.807, 2.05) is 0 Å². The quantitative estimate of drug-likeness (QED) is 0.462. The third-order valence-corrected chi connectivity index (χ3v) is 5.07. The van der Waals surface area contributed by atoms with Gasteiger partial charge in [0.2, 0.25) is 0 Å². The SMILES string of the molecule is C[SiH](C)CCC12C=CC(CC1)C2. The predicted molar refractivity (Wildman–Crippen MR) is 57.2 cm³/mol. The van der Waals surface area contributed by atoms with E-state index >= 15 is 0 Å². The van der Waals surface area contributed by atoms with Gasteiger partial charge < -0.3 is 0 Å². The molecule has 0 aliphatic heterocycles. The lowest BCUT2D eigenvalue weighted by atomic mass is 9.85. The Balaban J connectivity index is 1.91. The van der Waals surface area contributed by atoms with Gasteiger partial charge in [0.05, 0.1) is 0 Å². The molecule has 2 rings (SSSR count). The highest BCUT2D eigenvalue weighted by Gasteiger charge is 2.39. The van der Waals surface area contributed by atoms with E-state index in [9.17, 15) is 0 Å². The first-order valence-electron chi connectivity index (χ1n) is 5.40. The Morgan fingerprint density at radius 3 is 2.75 bits per heavy atom. The molecule has 1 heteroatoms. The summed E-state index contributed by atoms with van der Waals surface area (Å²) in [5.41, 5.74) is 0.696. The second-order valence-corrected chi connectivity index (χ2v) is 8.52. The lowest BCUT2D eigenvalue weighted by molar-refractivity contribution is 0.387. The zero-order valence-electron chi connectivity index (χ0n) is 8.34. The summed E-state index contributed by atoms with van der Waals surface area (Å²) in [6, 6.07) is 1.55. The number of hydrogen-bond acceptors (Lipinski definition) is 0. The Morgan fingerprint density at radius 2 is 2.33 bits per heavy atom. The monoisotopic (exact) mass is 180 g/mol. The maximum absolute atomic E-state index is 2.54. The minimum atomic E-state index is -0.300. The average Bonchev–Trinajstić information content (AvgIpc) is 2.60. The Bertz CT molecular complexity index is 195. The molecule has 2 atom stereocenters. The highest BCUT2D eigenvalue weighted by molar-refractivity contribution is 6.55. The summed E-state index contributed by atoms with van der Waals surface area (Å²) in [7, 11) is -0.300. The predicted octanol–water partition coefficient (Wildman–Crippen LogP) is 3.22. The van der Waals surface area contributed by atoms with Gasteiger partial charge in [-0.2, -0.15) is 0 Å². The minimum absolute atomic E-state index is 0.300. The van der Waals surface area contributed by atoms with E-state index in [2.05, 4.69) is 25.2 Å². The fourth-order valence-corrected chi connectivity index (χ4v) is 3.89. The van der Waals surface area contributed by atoms with E-state index in [4.69, 9.17) is 0 Å². The molecule has 1 fully saturated rings. The molecule has 12 heavy (non-hydrogen) atoms. The topological polar surface area (TPSA) is 0 Å².